The van der Waals surface area contributed by atoms with Crippen molar-refractivity contribution in [3.05, 3.63) is 58.9 Å². The molecular weight excluding hydrogens is 304 g/mol. The predicted octanol–water partition coefficient (Wildman–Crippen LogP) is 4.03. The predicted molar refractivity (Wildman–Crippen MR) is 94.6 cm³/mol. The van der Waals surface area contributed by atoms with Crippen molar-refractivity contribution in [3.8, 4) is 0 Å². The van der Waals surface area contributed by atoms with Gasteiger partial charge in [-0.1, -0.05) is 43.3 Å². The van der Waals surface area contributed by atoms with Crippen molar-refractivity contribution in [1.29, 1.82) is 0 Å². The van der Waals surface area contributed by atoms with Gasteiger partial charge < -0.3 is 9.72 Å². The zero-order valence-electron chi connectivity index (χ0n) is 13.2. The molecule has 2 heterocycles. The van der Waals surface area contributed by atoms with Gasteiger partial charge >= 0.3 is 6.09 Å². The summed E-state index contributed by atoms with van der Waals surface area (Å²) in [7, 11) is 0. The Labute approximate surface area is 137 Å². The summed E-state index contributed by atoms with van der Waals surface area (Å²) >= 11 is 0. The number of para-hydroxylation sites is 1. The molecular formula is C19H16N2O3. The van der Waals surface area contributed by atoms with Crippen molar-refractivity contribution in [2.24, 2.45) is 0 Å². The van der Waals surface area contributed by atoms with Crippen LogP contribution in [0.4, 0.5) is 4.79 Å². The van der Waals surface area contributed by atoms with Crippen molar-refractivity contribution in [2.45, 2.75) is 13.3 Å². The van der Waals surface area contributed by atoms with Crippen LogP contribution in [0, 0.1) is 0 Å². The Morgan fingerprint density at radius 1 is 1.04 bits per heavy atom. The minimum absolute atomic E-state index is 0.164. The molecule has 0 radical (unpaired) electrons. The molecule has 0 aliphatic heterocycles. The van der Waals surface area contributed by atoms with Gasteiger partial charge in [0.2, 0.25) is 0 Å². The molecule has 4 rings (SSSR count). The second-order valence-corrected chi connectivity index (χ2v) is 5.69. The molecule has 0 amide bonds. The molecule has 0 aliphatic carbocycles. The summed E-state index contributed by atoms with van der Waals surface area (Å²) < 4.78 is 6.92. The third kappa shape index (κ3) is 2.01. The van der Waals surface area contributed by atoms with E-state index in [1.54, 1.807) is 10.6 Å². The highest BCUT2D eigenvalue weighted by molar-refractivity contribution is 6.18. The molecule has 0 bridgehead atoms. The van der Waals surface area contributed by atoms with Crippen LogP contribution >= 0.6 is 0 Å². The van der Waals surface area contributed by atoms with Gasteiger partial charge in [-0.2, -0.15) is 0 Å². The van der Waals surface area contributed by atoms with Gasteiger partial charge in [0.05, 0.1) is 23.2 Å². The fourth-order valence-electron chi connectivity index (χ4n) is 3.13. The number of pyridine rings is 1. The lowest BCUT2D eigenvalue weighted by Crippen LogP contribution is -2.15. The number of fused-ring (bicyclic) bond motifs is 5. The Kier molecular flexibility index (Phi) is 3.34. The molecule has 2 aromatic carbocycles. The van der Waals surface area contributed by atoms with Crippen LogP contribution in [0.3, 0.4) is 0 Å². The highest BCUT2D eigenvalue weighted by Crippen LogP contribution is 2.31. The smallest absolute Gasteiger partial charge is 0.419 e. The number of ether oxygens (including phenoxy) is 1. The van der Waals surface area contributed by atoms with Crippen molar-refractivity contribution < 1.29 is 9.53 Å². The third-order valence-electron chi connectivity index (χ3n) is 4.15. The van der Waals surface area contributed by atoms with Crippen molar-refractivity contribution >= 4 is 38.8 Å². The van der Waals surface area contributed by atoms with Gasteiger partial charge in [-0.25, -0.2) is 9.36 Å². The number of aromatic amines is 1. The van der Waals surface area contributed by atoms with Gasteiger partial charge in [-0.05, 0) is 18.6 Å². The highest BCUT2D eigenvalue weighted by Gasteiger charge is 2.20. The molecule has 5 nitrogen and oxygen atoms in total. The molecule has 5 heteroatoms. The van der Waals surface area contributed by atoms with Gasteiger partial charge in [0, 0.05) is 16.2 Å². The number of rotatable bonds is 2. The Bertz CT molecular complexity index is 1140. The van der Waals surface area contributed by atoms with E-state index in [1.165, 1.54) is 0 Å². The summed E-state index contributed by atoms with van der Waals surface area (Å²) in [5, 5.41) is 2.11. The zero-order chi connectivity index (χ0) is 16.7. The van der Waals surface area contributed by atoms with Crippen LogP contribution in [0.15, 0.2) is 53.3 Å². The third-order valence-corrected chi connectivity index (χ3v) is 4.15. The van der Waals surface area contributed by atoms with E-state index in [1.807, 2.05) is 49.4 Å². The number of hydrogen-bond acceptors (Lipinski definition) is 3. The number of benzene rings is 2. The summed E-state index contributed by atoms with van der Waals surface area (Å²) in [5.41, 5.74) is 1.89. The van der Waals surface area contributed by atoms with E-state index < -0.39 is 6.09 Å². The van der Waals surface area contributed by atoms with Crippen LogP contribution in [0.1, 0.15) is 13.3 Å². The zero-order valence-corrected chi connectivity index (χ0v) is 13.2. The lowest BCUT2D eigenvalue weighted by atomic mass is 10.1. The summed E-state index contributed by atoms with van der Waals surface area (Å²) in [6.45, 7) is 2.31. The molecule has 0 spiro atoms. The average molecular weight is 320 g/mol. The Hall–Kier alpha value is -3.08. The molecule has 1 N–H and O–H groups in total. The van der Waals surface area contributed by atoms with Crippen LogP contribution < -0.4 is 5.56 Å². The number of nitrogens with zero attached hydrogens (tertiary/aromatic N) is 1. The maximum absolute atomic E-state index is 12.7. The van der Waals surface area contributed by atoms with E-state index in [4.69, 9.17) is 4.74 Å². The number of carbonyl (C=O) groups is 1. The Morgan fingerprint density at radius 2 is 1.71 bits per heavy atom. The SMILES string of the molecule is CCCOC(=O)n1c2ccccc2c2[nH]c(=O)c3ccccc3c21. The lowest BCUT2D eigenvalue weighted by Gasteiger charge is -2.08. The monoisotopic (exact) mass is 320 g/mol. The molecule has 4 aromatic rings. The summed E-state index contributed by atoms with van der Waals surface area (Å²) in [6.07, 6.45) is 0.320. The van der Waals surface area contributed by atoms with Gasteiger partial charge in [0.15, 0.2) is 0 Å². The second-order valence-electron chi connectivity index (χ2n) is 5.69. The highest BCUT2D eigenvalue weighted by atomic mass is 16.5. The fourth-order valence-corrected chi connectivity index (χ4v) is 3.13. The molecule has 0 unspecified atom stereocenters. The van der Waals surface area contributed by atoms with Gasteiger partial charge in [0.1, 0.15) is 0 Å². The Morgan fingerprint density at radius 3 is 2.46 bits per heavy atom. The molecule has 0 saturated heterocycles. The molecule has 0 atom stereocenters. The van der Waals surface area contributed by atoms with E-state index in [0.29, 0.717) is 23.0 Å². The molecule has 24 heavy (non-hydrogen) atoms. The molecule has 120 valence electrons. The first kappa shape index (κ1) is 14.5. The molecule has 0 fully saturated rings. The first-order chi connectivity index (χ1) is 11.7. The van der Waals surface area contributed by atoms with Crippen molar-refractivity contribution in [1.82, 2.24) is 9.55 Å². The molecule has 0 aliphatic rings. The van der Waals surface area contributed by atoms with E-state index in [2.05, 4.69) is 4.98 Å². The number of aromatic nitrogens is 2. The topological polar surface area (TPSA) is 64.1 Å². The lowest BCUT2D eigenvalue weighted by molar-refractivity contribution is 0.150. The first-order valence-corrected chi connectivity index (χ1v) is 7.93. The number of nitrogens with one attached hydrogen (secondary N) is 1. The van der Waals surface area contributed by atoms with Crippen LogP contribution in [-0.4, -0.2) is 22.3 Å². The van der Waals surface area contributed by atoms with Crippen LogP contribution in [0.5, 0.6) is 0 Å². The average Bonchev–Trinajstić information content (AvgIpc) is 2.95. The minimum Gasteiger partial charge on any atom is -0.449 e. The largest absolute Gasteiger partial charge is 0.449 e. The van der Waals surface area contributed by atoms with E-state index >= 15 is 0 Å². The van der Waals surface area contributed by atoms with E-state index in [0.717, 1.165) is 22.7 Å². The van der Waals surface area contributed by atoms with Gasteiger partial charge in [-0.15, -0.1) is 0 Å². The number of H-pyrrole nitrogens is 1. The second kappa shape index (κ2) is 5.53. The van der Waals surface area contributed by atoms with Crippen molar-refractivity contribution in [2.75, 3.05) is 6.61 Å². The van der Waals surface area contributed by atoms with Crippen LogP contribution in [-0.2, 0) is 4.74 Å². The summed E-state index contributed by atoms with van der Waals surface area (Å²) in [4.78, 5) is 28.0. The summed E-state index contributed by atoms with van der Waals surface area (Å²) in [6, 6.07) is 14.8. The number of carbonyl (C=O) groups excluding carboxylic acids is 1. The number of hydrogen-bond donors (Lipinski definition) is 1. The standard InChI is InChI=1S/C19H16N2O3/c1-2-11-24-19(23)21-15-10-6-5-9-14(15)16-17(21)12-7-3-4-8-13(12)18(22)20-16/h3-10H,2,11H2,1H3,(H,20,22). The van der Waals surface area contributed by atoms with Gasteiger partial charge in [-0.3, -0.25) is 4.79 Å². The van der Waals surface area contributed by atoms with Crippen LogP contribution in [0.2, 0.25) is 0 Å². The van der Waals surface area contributed by atoms with E-state index in [-0.39, 0.29) is 5.56 Å². The van der Waals surface area contributed by atoms with Gasteiger partial charge in [0.25, 0.3) is 5.56 Å². The summed E-state index contributed by atoms with van der Waals surface area (Å²) in [5.74, 6) is 0. The maximum atomic E-state index is 12.7. The first-order valence-electron chi connectivity index (χ1n) is 7.93. The van der Waals surface area contributed by atoms with Crippen LogP contribution in [0.25, 0.3) is 32.7 Å². The quantitative estimate of drug-likeness (QED) is 0.606. The fraction of sp³-hybridized carbons (Fsp3) is 0.158. The Balaban J connectivity index is 2.20. The van der Waals surface area contributed by atoms with Crippen molar-refractivity contribution in [3.63, 3.8) is 0 Å². The normalized spacial score (nSPS) is 11.4. The molecule has 2 aromatic heterocycles. The van der Waals surface area contributed by atoms with E-state index in [9.17, 15) is 9.59 Å². The molecule has 0 saturated carbocycles. The minimum atomic E-state index is -0.430. The maximum Gasteiger partial charge on any atom is 0.419 e.